The Balaban J connectivity index is 2.46. The summed E-state index contributed by atoms with van der Waals surface area (Å²) in [5.41, 5.74) is 1.21. The van der Waals surface area contributed by atoms with Crippen molar-refractivity contribution in [2.24, 2.45) is 0 Å². The zero-order valence-corrected chi connectivity index (χ0v) is 10.1. The van der Waals surface area contributed by atoms with Crippen molar-refractivity contribution in [3.05, 3.63) is 30.1 Å². The highest BCUT2D eigenvalue weighted by atomic mass is 16.1. The Bertz CT molecular complexity index is 311. The number of hydrogen-bond donors (Lipinski definition) is 0. The van der Waals surface area contributed by atoms with Gasteiger partial charge in [-0.05, 0) is 30.7 Å². The normalized spacial score (nSPS) is 10.7. The standard InChI is InChI=1S/C13H20N2O/c1-3-5-13(16)11-15(4-2)10-12-6-8-14-9-7-12/h6-9H,3-5,10-11H2,1-2H3. The van der Waals surface area contributed by atoms with Crippen LogP contribution in [0.2, 0.25) is 0 Å². The van der Waals surface area contributed by atoms with Crippen LogP contribution in [0.1, 0.15) is 32.3 Å². The van der Waals surface area contributed by atoms with Crippen LogP contribution in [0.25, 0.3) is 0 Å². The maximum Gasteiger partial charge on any atom is 0.146 e. The van der Waals surface area contributed by atoms with Gasteiger partial charge in [-0.3, -0.25) is 14.7 Å². The summed E-state index contributed by atoms with van der Waals surface area (Å²) in [5, 5.41) is 0. The van der Waals surface area contributed by atoms with Crippen molar-refractivity contribution in [1.29, 1.82) is 0 Å². The number of Topliss-reactive ketones (excluding diaryl/α,β-unsaturated/α-hetero) is 1. The van der Waals surface area contributed by atoms with Gasteiger partial charge in [-0.25, -0.2) is 0 Å². The first kappa shape index (κ1) is 12.8. The molecule has 1 aromatic heterocycles. The van der Waals surface area contributed by atoms with Crippen LogP contribution in [0.3, 0.4) is 0 Å². The monoisotopic (exact) mass is 220 g/mol. The number of ketones is 1. The topological polar surface area (TPSA) is 33.2 Å². The number of carbonyl (C=O) groups excluding carboxylic acids is 1. The van der Waals surface area contributed by atoms with E-state index in [-0.39, 0.29) is 0 Å². The van der Waals surface area contributed by atoms with E-state index in [9.17, 15) is 4.79 Å². The molecule has 0 unspecified atom stereocenters. The fraction of sp³-hybridized carbons (Fsp3) is 0.538. The number of nitrogens with zero attached hydrogens (tertiary/aromatic N) is 2. The number of likely N-dealkylation sites (N-methyl/N-ethyl adjacent to an activating group) is 1. The smallest absolute Gasteiger partial charge is 0.146 e. The molecule has 0 saturated carbocycles. The highest BCUT2D eigenvalue weighted by molar-refractivity contribution is 5.80. The molecule has 0 fully saturated rings. The van der Waals surface area contributed by atoms with Crippen LogP contribution in [0, 0.1) is 0 Å². The highest BCUT2D eigenvalue weighted by Gasteiger charge is 2.08. The minimum atomic E-state index is 0.332. The van der Waals surface area contributed by atoms with Gasteiger partial charge in [-0.1, -0.05) is 13.8 Å². The van der Waals surface area contributed by atoms with E-state index >= 15 is 0 Å². The van der Waals surface area contributed by atoms with E-state index in [1.807, 2.05) is 19.1 Å². The number of pyridine rings is 1. The van der Waals surface area contributed by atoms with E-state index in [0.29, 0.717) is 18.7 Å². The lowest BCUT2D eigenvalue weighted by molar-refractivity contribution is -0.120. The fourth-order valence-corrected chi connectivity index (χ4v) is 1.63. The van der Waals surface area contributed by atoms with Gasteiger partial charge < -0.3 is 0 Å². The lowest BCUT2D eigenvalue weighted by Gasteiger charge is -2.19. The van der Waals surface area contributed by atoms with Crippen LogP contribution >= 0.6 is 0 Å². The zero-order valence-electron chi connectivity index (χ0n) is 10.1. The van der Waals surface area contributed by atoms with E-state index in [0.717, 1.165) is 19.5 Å². The SMILES string of the molecule is CCCC(=O)CN(CC)Cc1ccncc1. The molecule has 0 amide bonds. The van der Waals surface area contributed by atoms with Crippen molar-refractivity contribution in [2.75, 3.05) is 13.1 Å². The molecule has 1 aromatic rings. The first-order valence-corrected chi connectivity index (χ1v) is 5.89. The second kappa shape index (κ2) is 7.12. The average molecular weight is 220 g/mol. The Morgan fingerprint density at radius 2 is 2.00 bits per heavy atom. The van der Waals surface area contributed by atoms with E-state index in [1.165, 1.54) is 5.56 Å². The first-order valence-electron chi connectivity index (χ1n) is 5.89. The second-order valence-corrected chi connectivity index (χ2v) is 3.95. The molecule has 0 N–H and O–H groups in total. The van der Waals surface area contributed by atoms with Gasteiger partial charge in [-0.2, -0.15) is 0 Å². The number of hydrogen-bond acceptors (Lipinski definition) is 3. The van der Waals surface area contributed by atoms with Gasteiger partial charge in [0.25, 0.3) is 0 Å². The molecule has 0 aliphatic heterocycles. The summed E-state index contributed by atoms with van der Waals surface area (Å²) >= 11 is 0. The van der Waals surface area contributed by atoms with Crippen molar-refractivity contribution < 1.29 is 4.79 Å². The number of carbonyl (C=O) groups is 1. The summed E-state index contributed by atoms with van der Waals surface area (Å²) in [6, 6.07) is 3.99. The molecule has 3 heteroatoms. The van der Waals surface area contributed by atoms with Crippen LogP contribution in [-0.4, -0.2) is 28.8 Å². The predicted octanol–water partition coefficient (Wildman–Crippen LogP) is 2.27. The lowest BCUT2D eigenvalue weighted by atomic mass is 10.2. The third-order valence-electron chi connectivity index (χ3n) is 2.53. The van der Waals surface area contributed by atoms with Crippen LogP contribution in [-0.2, 0) is 11.3 Å². The summed E-state index contributed by atoms with van der Waals surface area (Å²) in [6.07, 6.45) is 5.20. The van der Waals surface area contributed by atoms with Gasteiger partial charge in [-0.15, -0.1) is 0 Å². The summed E-state index contributed by atoms with van der Waals surface area (Å²) in [5.74, 6) is 0.332. The Hall–Kier alpha value is -1.22. The molecule has 0 aliphatic rings. The minimum absolute atomic E-state index is 0.332. The first-order chi connectivity index (χ1) is 7.76. The molecule has 88 valence electrons. The van der Waals surface area contributed by atoms with Crippen molar-refractivity contribution >= 4 is 5.78 Å². The Kier molecular flexibility index (Phi) is 5.72. The van der Waals surface area contributed by atoms with Gasteiger partial charge >= 0.3 is 0 Å². The van der Waals surface area contributed by atoms with E-state index in [4.69, 9.17) is 0 Å². The molecule has 0 atom stereocenters. The number of rotatable bonds is 7. The van der Waals surface area contributed by atoms with Gasteiger partial charge in [0.15, 0.2) is 0 Å². The van der Waals surface area contributed by atoms with Crippen LogP contribution in [0.5, 0.6) is 0 Å². The molecule has 1 rings (SSSR count). The van der Waals surface area contributed by atoms with Crippen LogP contribution in [0.15, 0.2) is 24.5 Å². The molecule has 0 saturated heterocycles. The predicted molar refractivity (Wildman–Crippen MR) is 65.1 cm³/mol. The Morgan fingerprint density at radius 3 is 2.56 bits per heavy atom. The molecule has 0 aliphatic carbocycles. The third kappa shape index (κ3) is 4.53. The highest BCUT2D eigenvalue weighted by Crippen LogP contribution is 2.03. The maximum atomic E-state index is 11.5. The van der Waals surface area contributed by atoms with E-state index < -0.39 is 0 Å². The molecule has 0 spiro atoms. The lowest BCUT2D eigenvalue weighted by Crippen LogP contribution is -2.29. The average Bonchev–Trinajstić information content (AvgIpc) is 2.30. The van der Waals surface area contributed by atoms with E-state index in [2.05, 4.69) is 16.8 Å². The summed E-state index contributed by atoms with van der Waals surface area (Å²) < 4.78 is 0. The quantitative estimate of drug-likeness (QED) is 0.706. The summed E-state index contributed by atoms with van der Waals surface area (Å²) in [7, 11) is 0. The molecular formula is C13H20N2O. The third-order valence-corrected chi connectivity index (χ3v) is 2.53. The van der Waals surface area contributed by atoms with Crippen molar-refractivity contribution in [1.82, 2.24) is 9.88 Å². The fourth-order valence-electron chi connectivity index (χ4n) is 1.63. The van der Waals surface area contributed by atoms with Gasteiger partial charge in [0.05, 0.1) is 6.54 Å². The van der Waals surface area contributed by atoms with Crippen molar-refractivity contribution in [3.63, 3.8) is 0 Å². The molecule has 0 aromatic carbocycles. The van der Waals surface area contributed by atoms with Crippen LogP contribution < -0.4 is 0 Å². The van der Waals surface area contributed by atoms with E-state index in [1.54, 1.807) is 12.4 Å². The largest absolute Gasteiger partial charge is 0.298 e. The molecule has 16 heavy (non-hydrogen) atoms. The molecule has 0 radical (unpaired) electrons. The molecule has 0 bridgehead atoms. The maximum absolute atomic E-state index is 11.5. The van der Waals surface area contributed by atoms with Crippen LogP contribution in [0.4, 0.5) is 0 Å². The Morgan fingerprint density at radius 1 is 1.31 bits per heavy atom. The molecule has 3 nitrogen and oxygen atoms in total. The Labute approximate surface area is 97.5 Å². The van der Waals surface area contributed by atoms with Crippen molar-refractivity contribution in [2.45, 2.75) is 33.2 Å². The minimum Gasteiger partial charge on any atom is -0.298 e. The van der Waals surface area contributed by atoms with Gasteiger partial charge in [0.1, 0.15) is 5.78 Å². The van der Waals surface area contributed by atoms with Gasteiger partial charge in [0.2, 0.25) is 0 Å². The van der Waals surface area contributed by atoms with Gasteiger partial charge in [0, 0.05) is 25.4 Å². The molecule has 1 heterocycles. The summed E-state index contributed by atoms with van der Waals surface area (Å²) in [4.78, 5) is 17.7. The second-order valence-electron chi connectivity index (χ2n) is 3.95. The molecular weight excluding hydrogens is 200 g/mol. The zero-order chi connectivity index (χ0) is 11.8. The van der Waals surface area contributed by atoms with Crippen molar-refractivity contribution in [3.8, 4) is 0 Å². The summed E-state index contributed by atoms with van der Waals surface area (Å²) in [6.45, 7) is 6.41. The number of aromatic nitrogens is 1.